The minimum Gasteiger partial charge on any atom is -0.369 e. The zero-order valence-electron chi connectivity index (χ0n) is 11.8. The van der Waals surface area contributed by atoms with E-state index in [2.05, 4.69) is 20.6 Å². The molecule has 0 radical (unpaired) electrons. The van der Waals surface area contributed by atoms with Gasteiger partial charge in [-0.15, -0.1) is 0 Å². The van der Waals surface area contributed by atoms with E-state index in [0.29, 0.717) is 18.9 Å². The van der Waals surface area contributed by atoms with Gasteiger partial charge in [-0.3, -0.25) is 9.78 Å². The fourth-order valence-corrected chi connectivity index (χ4v) is 1.77. The molecule has 5 nitrogen and oxygen atoms in total. The Bertz CT molecular complexity index is 604. The molecule has 2 rings (SSSR count). The van der Waals surface area contributed by atoms with Crippen LogP contribution in [0.25, 0.3) is 0 Å². The molecule has 0 aromatic carbocycles. The summed E-state index contributed by atoms with van der Waals surface area (Å²) in [5.74, 6) is -0.506. The van der Waals surface area contributed by atoms with Crippen LogP contribution in [0.4, 0.5) is 10.2 Å². The van der Waals surface area contributed by atoms with E-state index in [0.717, 1.165) is 18.2 Å². The van der Waals surface area contributed by atoms with Crippen LogP contribution in [0.2, 0.25) is 0 Å². The third-order valence-electron chi connectivity index (χ3n) is 2.84. The van der Waals surface area contributed by atoms with Crippen molar-refractivity contribution in [1.29, 1.82) is 0 Å². The summed E-state index contributed by atoms with van der Waals surface area (Å²) in [6.45, 7) is 3.02. The van der Waals surface area contributed by atoms with E-state index in [1.807, 2.05) is 6.92 Å². The molecule has 0 aliphatic carbocycles. The maximum absolute atomic E-state index is 13.3. The Kier molecular flexibility index (Phi) is 5.20. The average molecular weight is 288 g/mol. The van der Waals surface area contributed by atoms with Crippen LogP contribution in [0.1, 0.15) is 29.3 Å². The highest BCUT2D eigenvalue weighted by molar-refractivity contribution is 5.98. The summed E-state index contributed by atoms with van der Waals surface area (Å²) in [7, 11) is 0. The average Bonchev–Trinajstić information content (AvgIpc) is 2.52. The third-order valence-corrected chi connectivity index (χ3v) is 2.84. The van der Waals surface area contributed by atoms with Crippen LogP contribution in [-0.2, 0) is 6.54 Å². The largest absolute Gasteiger partial charge is 0.369 e. The number of halogens is 1. The molecule has 0 fully saturated rings. The number of nitrogens with one attached hydrogen (secondary N) is 2. The molecule has 0 bridgehead atoms. The quantitative estimate of drug-likeness (QED) is 0.856. The van der Waals surface area contributed by atoms with Gasteiger partial charge >= 0.3 is 0 Å². The van der Waals surface area contributed by atoms with Crippen molar-refractivity contribution in [1.82, 2.24) is 15.3 Å². The van der Waals surface area contributed by atoms with Crippen molar-refractivity contribution < 1.29 is 9.18 Å². The zero-order valence-corrected chi connectivity index (χ0v) is 11.8. The second kappa shape index (κ2) is 7.33. The van der Waals surface area contributed by atoms with Crippen LogP contribution in [0.15, 0.2) is 36.8 Å². The fourth-order valence-electron chi connectivity index (χ4n) is 1.77. The van der Waals surface area contributed by atoms with E-state index in [1.54, 1.807) is 24.5 Å². The van der Waals surface area contributed by atoms with E-state index >= 15 is 0 Å². The van der Waals surface area contributed by atoms with Gasteiger partial charge in [0, 0.05) is 25.5 Å². The zero-order chi connectivity index (χ0) is 15.1. The molecule has 110 valence electrons. The minimum atomic E-state index is -0.536. The Hall–Kier alpha value is -2.50. The van der Waals surface area contributed by atoms with Gasteiger partial charge < -0.3 is 10.6 Å². The summed E-state index contributed by atoms with van der Waals surface area (Å²) < 4.78 is 13.3. The SMILES string of the molecule is CCCNc1ncc(F)cc1C(=O)NCc1ccncc1. The first-order valence-corrected chi connectivity index (χ1v) is 6.77. The summed E-state index contributed by atoms with van der Waals surface area (Å²) >= 11 is 0. The summed E-state index contributed by atoms with van der Waals surface area (Å²) in [5.41, 5.74) is 1.13. The standard InChI is InChI=1S/C15H17FN4O/c1-2-5-18-14-13(8-12(16)10-19-14)15(21)20-9-11-3-6-17-7-4-11/h3-4,6-8,10H,2,5,9H2,1H3,(H,18,19)(H,20,21). The van der Waals surface area contributed by atoms with Gasteiger partial charge in [-0.05, 0) is 30.2 Å². The van der Waals surface area contributed by atoms with Crippen molar-refractivity contribution in [2.24, 2.45) is 0 Å². The highest BCUT2D eigenvalue weighted by Crippen LogP contribution is 2.14. The first-order valence-electron chi connectivity index (χ1n) is 6.77. The lowest BCUT2D eigenvalue weighted by Crippen LogP contribution is -2.24. The molecule has 1 amide bonds. The second-order valence-electron chi connectivity index (χ2n) is 4.51. The lowest BCUT2D eigenvalue weighted by atomic mass is 10.2. The molecule has 0 aliphatic rings. The molecule has 0 spiro atoms. The van der Waals surface area contributed by atoms with Crippen LogP contribution in [0.5, 0.6) is 0 Å². The number of aromatic nitrogens is 2. The number of pyridine rings is 2. The minimum absolute atomic E-state index is 0.206. The van der Waals surface area contributed by atoms with E-state index < -0.39 is 5.82 Å². The van der Waals surface area contributed by atoms with Crippen molar-refractivity contribution in [3.05, 3.63) is 53.7 Å². The molecule has 6 heteroatoms. The molecule has 0 atom stereocenters. The maximum Gasteiger partial charge on any atom is 0.255 e. The predicted molar refractivity (Wildman–Crippen MR) is 78.4 cm³/mol. The maximum atomic E-state index is 13.3. The van der Waals surface area contributed by atoms with Gasteiger partial charge in [0.25, 0.3) is 5.91 Å². The van der Waals surface area contributed by atoms with Crippen molar-refractivity contribution >= 4 is 11.7 Å². The Morgan fingerprint density at radius 1 is 1.33 bits per heavy atom. The molecule has 2 N–H and O–H groups in total. The van der Waals surface area contributed by atoms with Crippen molar-refractivity contribution in [2.75, 3.05) is 11.9 Å². The highest BCUT2D eigenvalue weighted by atomic mass is 19.1. The lowest BCUT2D eigenvalue weighted by Gasteiger charge is -2.11. The molecular weight excluding hydrogens is 271 g/mol. The van der Waals surface area contributed by atoms with Gasteiger partial charge in [0.1, 0.15) is 11.6 Å². The first kappa shape index (κ1) is 14.9. The van der Waals surface area contributed by atoms with Crippen LogP contribution in [0, 0.1) is 5.82 Å². The Morgan fingerprint density at radius 3 is 2.81 bits per heavy atom. The number of hydrogen-bond donors (Lipinski definition) is 2. The van der Waals surface area contributed by atoms with E-state index in [-0.39, 0.29) is 11.5 Å². The molecule has 2 heterocycles. The van der Waals surface area contributed by atoms with Crippen molar-refractivity contribution in [2.45, 2.75) is 19.9 Å². The number of anilines is 1. The number of carbonyl (C=O) groups excluding carboxylic acids is 1. The van der Waals surface area contributed by atoms with Gasteiger partial charge in [-0.2, -0.15) is 0 Å². The Morgan fingerprint density at radius 2 is 2.10 bits per heavy atom. The molecule has 0 aliphatic heterocycles. The summed E-state index contributed by atoms with van der Waals surface area (Å²) in [6.07, 6.45) is 5.29. The van der Waals surface area contributed by atoms with E-state index in [1.165, 1.54) is 6.07 Å². The van der Waals surface area contributed by atoms with Crippen molar-refractivity contribution in [3.8, 4) is 0 Å². The van der Waals surface area contributed by atoms with Gasteiger partial charge in [-0.25, -0.2) is 9.37 Å². The van der Waals surface area contributed by atoms with Crippen molar-refractivity contribution in [3.63, 3.8) is 0 Å². The van der Waals surface area contributed by atoms with Crippen LogP contribution in [-0.4, -0.2) is 22.4 Å². The fraction of sp³-hybridized carbons (Fsp3) is 0.267. The second-order valence-corrected chi connectivity index (χ2v) is 4.51. The number of carbonyl (C=O) groups is 1. The molecule has 0 saturated carbocycles. The number of rotatable bonds is 6. The molecule has 21 heavy (non-hydrogen) atoms. The van der Waals surface area contributed by atoms with Gasteiger partial charge in [0.15, 0.2) is 0 Å². The first-order chi connectivity index (χ1) is 10.2. The normalized spacial score (nSPS) is 10.2. The number of nitrogens with zero attached hydrogens (tertiary/aromatic N) is 2. The van der Waals surface area contributed by atoms with E-state index in [9.17, 15) is 9.18 Å². The lowest BCUT2D eigenvalue weighted by molar-refractivity contribution is 0.0951. The van der Waals surface area contributed by atoms with Crippen LogP contribution >= 0.6 is 0 Å². The molecular formula is C15H17FN4O. The molecule has 2 aromatic rings. The predicted octanol–water partition coefficient (Wildman–Crippen LogP) is 2.37. The summed E-state index contributed by atoms with van der Waals surface area (Å²) in [6, 6.07) is 4.80. The summed E-state index contributed by atoms with van der Waals surface area (Å²) in [4.78, 5) is 20.0. The highest BCUT2D eigenvalue weighted by Gasteiger charge is 2.13. The molecule has 0 unspecified atom stereocenters. The van der Waals surface area contributed by atoms with E-state index in [4.69, 9.17) is 0 Å². The number of amides is 1. The monoisotopic (exact) mass is 288 g/mol. The van der Waals surface area contributed by atoms with Gasteiger partial charge in [0.2, 0.25) is 0 Å². The molecule has 2 aromatic heterocycles. The topological polar surface area (TPSA) is 66.9 Å². The Labute approximate surface area is 122 Å². The number of hydrogen-bond acceptors (Lipinski definition) is 4. The van der Waals surface area contributed by atoms with Gasteiger partial charge in [0.05, 0.1) is 11.8 Å². The Balaban J connectivity index is 2.08. The smallest absolute Gasteiger partial charge is 0.255 e. The third kappa shape index (κ3) is 4.24. The molecule has 0 saturated heterocycles. The van der Waals surface area contributed by atoms with Crippen LogP contribution < -0.4 is 10.6 Å². The van der Waals surface area contributed by atoms with Crippen LogP contribution in [0.3, 0.4) is 0 Å². The van der Waals surface area contributed by atoms with Gasteiger partial charge in [-0.1, -0.05) is 6.92 Å². The summed E-state index contributed by atoms with van der Waals surface area (Å²) in [5, 5.41) is 5.77.